The molecule has 106 valence electrons. The van der Waals surface area contributed by atoms with E-state index in [4.69, 9.17) is 10.5 Å². The van der Waals surface area contributed by atoms with Crippen molar-refractivity contribution in [2.75, 3.05) is 36.2 Å². The van der Waals surface area contributed by atoms with Gasteiger partial charge >= 0.3 is 5.97 Å². The summed E-state index contributed by atoms with van der Waals surface area (Å²) in [5, 5.41) is 2.89. The number of ether oxygens (including phenoxy) is 1. The maximum absolute atomic E-state index is 11.6. The molecule has 0 atom stereocenters. The first kappa shape index (κ1) is 15.3. The van der Waals surface area contributed by atoms with Gasteiger partial charge in [-0.1, -0.05) is 6.07 Å². The molecule has 0 radical (unpaired) electrons. The van der Waals surface area contributed by atoms with Crippen LogP contribution in [-0.4, -0.2) is 39.5 Å². The summed E-state index contributed by atoms with van der Waals surface area (Å²) in [6, 6.07) is 4.90. The van der Waals surface area contributed by atoms with Crippen LogP contribution in [0.3, 0.4) is 0 Å². The SMILES string of the molecule is CCOC(=O)c1cccc(NCCS(C)(=O)=O)c1N. The van der Waals surface area contributed by atoms with E-state index in [-0.39, 0.29) is 30.2 Å². The molecule has 0 fully saturated rings. The van der Waals surface area contributed by atoms with Gasteiger partial charge in [-0.05, 0) is 19.1 Å². The number of esters is 1. The number of hydrogen-bond acceptors (Lipinski definition) is 6. The van der Waals surface area contributed by atoms with Gasteiger partial charge < -0.3 is 15.8 Å². The second-order valence-corrected chi connectivity index (χ2v) is 6.30. The van der Waals surface area contributed by atoms with Crippen LogP contribution in [0.1, 0.15) is 17.3 Å². The fraction of sp³-hybridized carbons (Fsp3) is 0.417. The van der Waals surface area contributed by atoms with Gasteiger partial charge in [-0.15, -0.1) is 0 Å². The molecule has 0 aromatic heterocycles. The maximum Gasteiger partial charge on any atom is 0.340 e. The zero-order valence-corrected chi connectivity index (χ0v) is 11.8. The summed E-state index contributed by atoms with van der Waals surface area (Å²) in [5.41, 5.74) is 6.90. The zero-order chi connectivity index (χ0) is 14.5. The van der Waals surface area contributed by atoms with E-state index in [0.717, 1.165) is 6.26 Å². The molecule has 3 N–H and O–H groups in total. The molecule has 7 heteroatoms. The Labute approximate surface area is 112 Å². The van der Waals surface area contributed by atoms with Gasteiger partial charge in [0.1, 0.15) is 9.84 Å². The molecule has 1 rings (SSSR count). The lowest BCUT2D eigenvalue weighted by Gasteiger charge is -2.12. The van der Waals surface area contributed by atoms with Gasteiger partial charge in [0.2, 0.25) is 0 Å². The first-order chi connectivity index (χ1) is 8.85. The average Bonchev–Trinajstić information content (AvgIpc) is 2.30. The van der Waals surface area contributed by atoms with Gasteiger partial charge in [-0.2, -0.15) is 0 Å². The molecule has 1 aromatic rings. The lowest BCUT2D eigenvalue weighted by atomic mass is 10.1. The first-order valence-corrected chi connectivity index (χ1v) is 7.88. The van der Waals surface area contributed by atoms with Crippen molar-refractivity contribution >= 4 is 27.2 Å². The second-order valence-electron chi connectivity index (χ2n) is 4.04. The van der Waals surface area contributed by atoms with Crippen LogP contribution in [0.4, 0.5) is 11.4 Å². The molecule has 0 unspecified atom stereocenters. The predicted molar refractivity (Wildman–Crippen MR) is 75.0 cm³/mol. The van der Waals surface area contributed by atoms with Crippen molar-refractivity contribution in [2.45, 2.75) is 6.92 Å². The highest BCUT2D eigenvalue weighted by molar-refractivity contribution is 7.90. The fourth-order valence-corrected chi connectivity index (χ4v) is 1.95. The Kier molecular flexibility index (Phi) is 5.17. The lowest BCUT2D eigenvalue weighted by molar-refractivity contribution is 0.0527. The molecule has 0 saturated heterocycles. The Morgan fingerprint density at radius 1 is 1.42 bits per heavy atom. The molecule has 6 nitrogen and oxygen atoms in total. The Morgan fingerprint density at radius 3 is 2.68 bits per heavy atom. The number of rotatable bonds is 6. The number of nitrogens with two attached hydrogens (primary N) is 1. The van der Waals surface area contributed by atoms with Crippen molar-refractivity contribution in [3.05, 3.63) is 23.8 Å². The van der Waals surface area contributed by atoms with Crippen molar-refractivity contribution < 1.29 is 17.9 Å². The van der Waals surface area contributed by atoms with Crippen molar-refractivity contribution in [2.24, 2.45) is 0 Å². The van der Waals surface area contributed by atoms with Crippen LogP contribution in [0, 0.1) is 0 Å². The van der Waals surface area contributed by atoms with Gasteiger partial charge in [0.15, 0.2) is 0 Å². The smallest absolute Gasteiger partial charge is 0.340 e. The van der Waals surface area contributed by atoms with Crippen LogP contribution >= 0.6 is 0 Å². The highest BCUT2D eigenvalue weighted by Gasteiger charge is 2.13. The maximum atomic E-state index is 11.6. The first-order valence-electron chi connectivity index (χ1n) is 5.82. The highest BCUT2D eigenvalue weighted by atomic mass is 32.2. The third-order valence-electron chi connectivity index (χ3n) is 2.39. The number of anilines is 2. The van der Waals surface area contributed by atoms with Gasteiger partial charge in [0.25, 0.3) is 0 Å². The lowest BCUT2D eigenvalue weighted by Crippen LogP contribution is -2.16. The fourth-order valence-electron chi connectivity index (χ4n) is 1.48. The summed E-state index contributed by atoms with van der Waals surface area (Å²) in [6.07, 6.45) is 1.16. The van der Waals surface area contributed by atoms with E-state index >= 15 is 0 Å². The van der Waals surface area contributed by atoms with Crippen LogP contribution in [0.2, 0.25) is 0 Å². The number of benzene rings is 1. The summed E-state index contributed by atoms with van der Waals surface area (Å²) in [5.74, 6) is -0.498. The Balaban J connectivity index is 2.80. The number of carbonyl (C=O) groups is 1. The summed E-state index contributed by atoms with van der Waals surface area (Å²) >= 11 is 0. The van der Waals surface area contributed by atoms with Crippen LogP contribution in [-0.2, 0) is 14.6 Å². The quantitative estimate of drug-likeness (QED) is 0.595. The number of para-hydroxylation sites is 1. The van der Waals surface area contributed by atoms with E-state index in [2.05, 4.69) is 5.32 Å². The molecular weight excluding hydrogens is 268 g/mol. The van der Waals surface area contributed by atoms with Crippen LogP contribution in [0.15, 0.2) is 18.2 Å². The van der Waals surface area contributed by atoms with Gasteiger partial charge in [-0.25, -0.2) is 13.2 Å². The predicted octanol–water partition coefficient (Wildman–Crippen LogP) is 0.902. The summed E-state index contributed by atoms with van der Waals surface area (Å²) in [6.45, 7) is 2.21. The summed E-state index contributed by atoms with van der Waals surface area (Å²) in [7, 11) is -3.04. The zero-order valence-electron chi connectivity index (χ0n) is 11.0. The number of hydrogen-bond donors (Lipinski definition) is 2. The molecule has 0 saturated carbocycles. The minimum Gasteiger partial charge on any atom is -0.462 e. The molecule has 0 bridgehead atoms. The Morgan fingerprint density at radius 2 is 2.11 bits per heavy atom. The van der Waals surface area contributed by atoms with Crippen molar-refractivity contribution in [1.29, 1.82) is 0 Å². The molecule has 0 amide bonds. The number of sulfone groups is 1. The van der Waals surface area contributed by atoms with E-state index in [1.807, 2.05) is 0 Å². The standard InChI is InChI=1S/C12H18N2O4S/c1-3-18-12(15)9-5-4-6-10(11(9)13)14-7-8-19(2,16)17/h4-6,14H,3,7-8,13H2,1-2H3. The minimum absolute atomic E-state index is 0.00389. The average molecular weight is 286 g/mol. The van der Waals surface area contributed by atoms with E-state index in [1.165, 1.54) is 0 Å². The van der Waals surface area contributed by atoms with Crippen LogP contribution in [0.25, 0.3) is 0 Å². The van der Waals surface area contributed by atoms with E-state index in [0.29, 0.717) is 5.69 Å². The molecule has 0 aliphatic heterocycles. The molecule has 0 spiro atoms. The number of nitrogen functional groups attached to an aromatic ring is 1. The largest absolute Gasteiger partial charge is 0.462 e. The van der Waals surface area contributed by atoms with Crippen molar-refractivity contribution in [3.63, 3.8) is 0 Å². The van der Waals surface area contributed by atoms with Gasteiger partial charge in [0, 0.05) is 12.8 Å². The Bertz CT molecular complexity index is 555. The number of carbonyl (C=O) groups excluding carboxylic acids is 1. The normalized spacial score (nSPS) is 11.1. The van der Waals surface area contributed by atoms with Crippen LogP contribution in [0.5, 0.6) is 0 Å². The molecule has 0 aliphatic rings. The molecular formula is C12H18N2O4S. The Hall–Kier alpha value is -1.76. The van der Waals surface area contributed by atoms with Gasteiger partial charge in [0.05, 0.1) is 29.3 Å². The van der Waals surface area contributed by atoms with Crippen LogP contribution < -0.4 is 11.1 Å². The third kappa shape index (κ3) is 4.78. The summed E-state index contributed by atoms with van der Waals surface area (Å²) < 4.78 is 26.9. The monoisotopic (exact) mass is 286 g/mol. The second kappa shape index (κ2) is 6.42. The minimum atomic E-state index is -3.04. The highest BCUT2D eigenvalue weighted by Crippen LogP contribution is 2.23. The van der Waals surface area contributed by atoms with E-state index < -0.39 is 15.8 Å². The van der Waals surface area contributed by atoms with Gasteiger partial charge in [-0.3, -0.25) is 0 Å². The molecule has 19 heavy (non-hydrogen) atoms. The number of nitrogens with one attached hydrogen (secondary N) is 1. The third-order valence-corrected chi connectivity index (χ3v) is 3.34. The van der Waals surface area contributed by atoms with E-state index in [9.17, 15) is 13.2 Å². The van der Waals surface area contributed by atoms with Crippen molar-refractivity contribution in [3.8, 4) is 0 Å². The molecule has 0 heterocycles. The molecule has 0 aliphatic carbocycles. The van der Waals surface area contributed by atoms with E-state index in [1.54, 1.807) is 25.1 Å². The summed E-state index contributed by atoms with van der Waals surface area (Å²) in [4.78, 5) is 11.6. The van der Waals surface area contributed by atoms with Crippen molar-refractivity contribution in [1.82, 2.24) is 0 Å². The molecule has 1 aromatic carbocycles. The topological polar surface area (TPSA) is 98.5 Å².